The summed E-state index contributed by atoms with van der Waals surface area (Å²) in [5.41, 5.74) is 6.91. The van der Waals surface area contributed by atoms with Gasteiger partial charge >= 0.3 is 6.03 Å². The van der Waals surface area contributed by atoms with Gasteiger partial charge in [0.2, 0.25) is 5.82 Å². The first kappa shape index (κ1) is 22.6. The third kappa shape index (κ3) is 4.47. The maximum atomic E-state index is 13.3. The van der Waals surface area contributed by atoms with Gasteiger partial charge in [-0.25, -0.2) is 4.79 Å². The van der Waals surface area contributed by atoms with Crippen LogP contribution in [0.3, 0.4) is 0 Å². The van der Waals surface area contributed by atoms with Crippen LogP contribution in [0.4, 0.5) is 4.79 Å². The van der Waals surface area contributed by atoms with E-state index in [1.165, 1.54) is 5.56 Å². The molecule has 176 valence electrons. The Morgan fingerprint density at radius 1 is 0.943 bits per heavy atom. The van der Waals surface area contributed by atoms with E-state index in [1.54, 1.807) is 4.90 Å². The molecule has 6 heteroatoms. The number of hydrogen-bond acceptors (Lipinski definition) is 4. The summed E-state index contributed by atoms with van der Waals surface area (Å²) >= 11 is 0. The number of nitrogens with zero attached hydrogens (tertiary/aromatic N) is 3. The molecule has 35 heavy (non-hydrogen) atoms. The van der Waals surface area contributed by atoms with Crippen molar-refractivity contribution in [3.05, 3.63) is 113 Å². The number of rotatable bonds is 6. The normalized spacial score (nSPS) is 15.9. The summed E-state index contributed by atoms with van der Waals surface area (Å²) in [6.45, 7) is 6.58. The second-order valence-corrected chi connectivity index (χ2v) is 8.78. The minimum Gasteiger partial charge on any atom is -0.334 e. The molecular weight excluding hydrogens is 436 g/mol. The summed E-state index contributed by atoms with van der Waals surface area (Å²) < 4.78 is 5.79. The molecule has 0 saturated heterocycles. The van der Waals surface area contributed by atoms with E-state index < -0.39 is 6.04 Å². The first-order chi connectivity index (χ1) is 17.0. The van der Waals surface area contributed by atoms with Gasteiger partial charge < -0.3 is 9.84 Å². The van der Waals surface area contributed by atoms with Crippen molar-refractivity contribution < 1.29 is 9.32 Å². The highest BCUT2D eigenvalue weighted by Crippen LogP contribution is 2.38. The van der Waals surface area contributed by atoms with Crippen molar-refractivity contribution >= 4 is 11.6 Å². The summed E-state index contributed by atoms with van der Waals surface area (Å²) in [6, 6.07) is 25.6. The molecular formula is C29H28N4O2. The molecule has 0 aliphatic carbocycles. The summed E-state index contributed by atoms with van der Waals surface area (Å²) in [7, 11) is 0. The molecule has 0 fully saturated rings. The number of aromatic nitrogens is 2. The fraction of sp³-hybridized carbons (Fsp3) is 0.207. The molecule has 4 aromatic rings. The van der Waals surface area contributed by atoms with Gasteiger partial charge in [0.25, 0.3) is 5.89 Å². The Hall–Kier alpha value is -4.19. The Morgan fingerprint density at radius 2 is 1.66 bits per heavy atom. The molecule has 0 saturated carbocycles. The van der Waals surface area contributed by atoms with Gasteiger partial charge in [0.05, 0.1) is 18.2 Å². The third-order valence-electron chi connectivity index (χ3n) is 6.60. The highest BCUT2D eigenvalue weighted by Gasteiger charge is 2.36. The van der Waals surface area contributed by atoms with Crippen molar-refractivity contribution in [3.63, 3.8) is 0 Å². The number of hydrogen-bond donors (Lipinski definition) is 1. The van der Waals surface area contributed by atoms with Gasteiger partial charge in [0.15, 0.2) is 0 Å². The standard InChI is InChI=1S/C29H28N4O2/c1-4-21-14-16-22(17-15-21)26-25(28-31-27(32-35-28)23-11-6-5-7-12-23)20(3)33(29(34)30-26)18-24-13-9-8-10-19(24)2/h5-17,26H,4,18H2,1-3H3,(H,30,34). The fourth-order valence-corrected chi connectivity index (χ4v) is 4.44. The second kappa shape index (κ2) is 9.58. The molecule has 1 aliphatic heterocycles. The molecule has 1 atom stereocenters. The predicted octanol–water partition coefficient (Wildman–Crippen LogP) is 6.31. The monoisotopic (exact) mass is 464 g/mol. The van der Waals surface area contributed by atoms with Gasteiger partial charge in [0, 0.05) is 11.3 Å². The summed E-state index contributed by atoms with van der Waals surface area (Å²) in [5, 5.41) is 7.43. The van der Waals surface area contributed by atoms with E-state index >= 15 is 0 Å². The lowest BCUT2D eigenvalue weighted by atomic mass is 9.93. The van der Waals surface area contributed by atoms with Crippen molar-refractivity contribution in [1.29, 1.82) is 0 Å². The van der Waals surface area contributed by atoms with E-state index in [1.807, 2.05) is 55.5 Å². The molecule has 1 N–H and O–H groups in total. The highest BCUT2D eigenvalue weighted by molar-refractivity contribution is 5.87. The Bertz CT molecular complexity index is 1370. The number of allylic oxidation sites excluding steroid dienone is 1. The van der Waals surface area contributed by atoms with Crippen LogP contribution < -0.4 is 5.32 Å². The van der Waals surface area contributed by atoms with E-state index in [0.717, 1.165) is 39.9 Å². The maximum absolute atomic E-state index is 13.3. The van der Waals surface area contributed by atoms with Crippen LogP contribution >= 0.6 is 0 Å². The van der Waals surface area contributed by atoms with Crippen molar-refractivity contribution in [2.75, 3.05) is 0 Å². The lowest BCUT2D eigenvalue weighted by Crippen LogP contribution is -2.45. The summed E-state index contributed by atoms with van der Waals surface area (Å²) in [4.78, 5) is 19.8. The average molecular weight is 465 g/mol. The molecule has 0 spiro atoms. The first-order valence-corrected chi connectivity index (χ1v) is 11.9. The molecule has 2 amide bonds. The quantitative estimate of drug-likeness (QED) is 0.363. The Morgan fingerprint density at radius 3 is 2.37 bits per heavy atom. The number of carbonyl (C=O) groups is 1. The van der Waals surface area contributed by atoms with Crippen molar-refractivity contribution in [1.82, 2.24) is 20.4 Å². The van der Waals surface area contributed by atoms with Gasteiger partial charge in [-0.1, -0.05) is 90.9 Å². The zero-order valence-corrected chi connectivity index (χ0v) is 20.2. The number of aryl methyl sites for hydroxylation is 2. The molecule has 1 aromatic heterocycles. The molecule has 6 nitrogen and oxygen atoms in total. The van der Waals surface area contributed by atoms with Crippen LogP contribution in [0, 0.1) is 6.92 Å². The molecule has 1 unspecified atom stereocenters. The SMILES string of the molecule is CCc1ccc(C2NC(=O)N(Cc3ccccc3C)C(C)=C2c2nc(-c3ccccc3)no2)cc1. The molecule has 3 aromatic carbocycles. The van der Waals surface area contributed by atoms with E-state index in [0.29, 0.717) is 18.3 Å². The summed E-state index contributed by atoms with van der Waals surface area (Å²) in [6.07, 6.45) is 0.952. The fourth-order valence-electron chi connectivity index (χ4n) is 4.44. The van der Waals surface area contributed by atoms with E-state index in [-0.39, 0.29) is 6.03 Å². The lowest BCUT2D eigenvalue weighted by Gasteiger charge is -2.35. The van der Waals surface area contributed by atoms with Crippen LogP contribution in [0.25, 0.3) is 17.0 Å². The lowest BCUT2D eigenvalue weighted by molar-refractivity contribution is 0.203. The van der Waals surface area contributed by atoms with Crippen LogP contribution in [-0.4, -0.2) is 21.1 Å². The average Bonchev–Trinajstić information content (AvgIpc) is 3.37. The maximum Gasteiger partial charge on any atom is 0.322 e. The van der Waals surface area contributed by atoms with Crippen LogP contribution in [0.15, 0.2) is 89.1 Å². The van der Waals surface area contributed by atoms with E-state index in [2.05, 4.69) is 54.7 Å². The van der Waals surface area contributed by atoms with Crippen LogP contribution in [0.5, 0.6) is 0 Å². The van der Waals surface area contributed by atoms with E-state index in [4.69, 9.17) is 9.51 Å². The van der Waals surface area contributed by atoms with Crippen molar-refractivity contribution in [2.45, 2.75) is 39.8 Å². The molecule has 5 rings (SSSR count). The first-order valence-electron chi connectivity index (χ1n) is 11.9. The highest BCUT2D eigenvalue weighted by atomic mass is 16.5. The molecule has 1 aliphatic rings. The van der Waals surface area contributed by atoms with Crippen LogP contribution in [0.1, 0.15) is 48.0 Å². The van der Waals surface area contributed by atoms with Crippen molar-refractivity contribution in [3.8, 4) is 11.4 Å². The molecule has 0 bridgehead atoms. The van der Waals surface area contributed by atoms with Gasteiger partial charge in [-0.05, 0) is 42.5 Å². The van der Waals surface area contributed by atoms with Crippen LogP contribution in [-0.2, 0) is 13.0 Å². The van der Waals surface area contributed by atoms with Gasteiger partial charge in [-0.3, -0.25) is 4.90 Å². The second-order valence-electron chi connectivity index (χ2n) is 8.78. The van der Waals surface area contributed by atoms with E-state index in [9.17, 15) is 4.79 Å². The number of amides is 2. The zero-order valence-electron chi connectivity index (χ0n) is 20.2. The Labute approximate surface area is 205 Å². The van der Waals surface area contributed by atoms with Gasteiger partial charge in [-0.15, -0.1) is 0 Å². The zero-order chi connectivity index (χ0) is 24.4. The number of nitrogens with one attached hydrogen (secondary N) is 1. The number of benzene rings is 3. The minimum absolute atomic E-state index is 0.151. The smallest absolute Gasteiger partial charge is 0.322 e. The minimum atomic E-state index is -0.398. The largest absolute Gasteiger partial charge is 0.334 e. The third-order valence-corrected chi connectivity index (χ3v) is 6.60. The summed E-state index contributed by atoms with van der Waals surface area (Å²) in [5.74, 6) is 0.920. The Kier molecular flexibility index (Phi) is 6.19. The molecule has 0 radical (unpaired) electrons. The number of carbonyl (C=O) groups excluding carboxylic acids is 1. The van der Waals surface area contributed by atoms with Crippen LogP contribution in [0.2, 0.25) is 0 Å². The number of urea groups is 1. The van der Waals surface area contributed by atoms with Crippen molar-refractivity contribution in [2.24, 2.45) is 0 Å². The Balaban J connectivity index is 1.60. The molecule has 2 heterocycles. The van der Waals surface area contributed by atoms with Gasteiger partial charge in [0.1, 0.15) is 0 Å². The predicted molar refractivity (Wildman–Crippen MR) is 136 cm³/mol. The topological polar surface area (TPSA) is 71.3 Å². The van der Waals surface area contributed by atoms with Gasteiger partial charge in [-0.2, -0.15) is 4.98 Å².